The van der Waals surface area contributed by atoms with E-state index >= 15 is 0 Å². The zero-order valence-corrected chi connectivity index (χ0v) is 29.8. The van der Waals surface area contributed by atoms with Gasteiger partial charge in [-0.3, -0.25) is 4.79 Å². The van der Waals surface area contributed by atoms with Crippen LogP contribution in [0.15, 0.2) is 70.1 Å². The second-order valence-corrected chi connectivity index (χ2v) is 15.4. The van der Waals surface area contributed by atoms with Gasteiger partial charge in [-0.2, -0.15) is 4.98 Å². The molecule has 1 amide bonds. The van der Waals surface area contributed by atoms with Crippen molar-refractivity contribution in [2.75, 3.05) is 10.9 Å². The van der Waals surface area contributed by atoms with E-state index in [1.54, 1.807) is 18.2 Å². The van der Waals surface area contributed by atoms with Crippen LogP contribution in [-0.2, 0) is 22.0 Å². The molecule has 6 rings (SSSR count). The lowest BCUT2D eigenvalue weighted by molar-refractivity contribution is 0.0891. The highest BCUT2D eigenvalue weighted by Gasteiger charge is 2.32. The first kappa shape index (κ1) is 34.0. The Morgan fingerprint density at radius 3 is 2.39 bits per heavy atom. The summed E-state index contributed by atoms with van der Waals surface area (Å²) in [6.45, 7) is 14.1. The standard InChI is InChI=1S/C37H42N6O5S/c1-8-24(9-2)30-21-47-32-18-28(33-22(3)12-10-13-23(33)4)41-36(42-32)43(49(45,46)27-15-11-14-25(16-27)34(44)40-30)20-26-19-38-35-29(39-26)17-31(48-35)37(5,6)7/h10-19,24,30H,8-9,20-21H2,1-7H3,(H,40,44). The Balaban J connectivity index is 1.56. The number of carbonyl (C=O) groups excluding carboxylic acids is 1. The van der Waals surface area contributed by atoms with Crippen LogP contribution in [0.4, 0.5) is 5.95 Å². The molecule has 0 radical (unpaired) electrons. The predicted octanol–water partition coefficient (Wildman–Crippen LogP) is 6.92. The van der Waals surface area contributed by atoms with Crippen molar-refractivity contribution in [3.8, 4) is 17.1 Å². The Bertz CT molecular complexity index is 2110. The van der Waals surface area contributed by atoms with Crippen molar-refractivity contribution < 1.29 is 22.4 Å². The maximum absolute atomic E-state index is 14.7. The molecular formula is C37H42N6O5S. The maximum Gasteiger partial charge on any atom is 0.267 e. The molecule has 0 saturated carbocycles. The number of hydrogen-bond donors (Lipinski definition) is 1. The van der Waals surface area contributed by atoms with Crippen molar-refractivity contribution in [1.82, 2.24) is 25.3 Å². The number of ether oxygens (including phenoxy) is 1. The van der Waals surface area contributed by atoms with Gasteiger partial charge < -0.3 is 14.5 Å². The van der Waals surface area contributed by atoms with E-state index < -0.39 is 10.0 Å². The van der Waals surface area contributed by atoms with E-state index in [9.17, 15) is 13.2 Å². The normalized spacial score (nSPS) is 16.4. The topological polar surface area (TPSA) is 140 Å². The van der Waals surface area contributed by atoms with Crippen LogP contribution in [0.5, 0.6) is 5.88 Å². The smallest absolute Gasteiger partial charge is 0.267 e. The summed E-state index contributed by atoms with van der Waals surface area (Å²) in [5.41, 5.74) is 4.44. The Hall–Kier alpha value is -4.84. The molecule has 11 nitrogen and oxygen atoms in total. The van der Waals surface area contributed by atoms with Crippen molar-refractivity contribution in [1.29, 1.82) is 0 Å². The number of rotatable bonds is 6. The molecular weight excluding hydrogens is 641 g/mol. The van der Waals surface area contributed by atoms with Crippen LogP contribution in [0.3, 0.4) is 0 Å². The number of furan rings is 1. The van der Waals surface area contributed by atoms with Crippen molar-refractivity contribution in [3.63, 3.8) is 0 Å². The summed E-state index contributed by atoms with van der Waals surface area (Å²) in [7, 11) is -4.37. The second kappa shape index (κ2) is 13.2. The number of amides is 1. The van der Waals surface area contributed by atoms with Crippen molar-refractivity contribution in [2.24, 2.45) is 5.92 Å². The third-order valence-corrected chi connectivity index (χ3v) is 10.7. The van der Waals surface area contributed by atoms with E-state index in [1.165, 1.54) is 18.3 Å². The number of aryl methyl sites for hydroxylation is 2. The Morgan fingerprint density at radius 2 is 1.69 bits per heavy atom. The molecule has 49 heavy (non-hydrogen) atoms. The SMILES string of the molecule is CCC(CC)C1COc2cc(-c3c(C)cccc3C)nc(n2)N(Cc2cnc3oc(C(C)(C)C)cc3n2)S(=O)(=O)c2cccc(c2)C(=O)N1. The van der Waals surface area contributed by atoms with Crippen LogP contribution >= 0.6 is 0 Å². The molecule has 4 bridgehead atoms. The number of aromatic nitrogens is 4. The van der Waals surface area contributed by atoms with Gasteiger partial charge in [-0.15, -0.1) is 0 Å². The summed E-state index contributed by atoms with van der Waals surface area (Å²) in [5, 5.41) is 3.10. The summed E-state index contributed by atoms with van der Waals surface area (Å²) in [5.74, 6) is 0.533. The Labute approximate surface area is 287 Å². The van der Waals surface area contributed by atoms with Gasteiger partial charge in [0.25, 0.3) is 15.9 Å². The van der Waals surface area contributed by atoms with Crippen LogP contribution in [0, 0.1) is 19.8 Å². The average Bonchev–Trinajstić information content (AvgIpc) is 3.50. The largest absolute Gasteiger partial charge is 0.475 e. The van der Waals surface area contributed by atoms with Gasteiger partial charge in [-0.1, -0.05) is 71.7 Å². The van der Waals surface area contributed by atoms with Crippen LogP contribution in [0.25, 0.3) is 22.5 Å². The summed E-state index contributed by atoms with van der Waals surface area (Å²) in [6, 6.07) is 15.1. The molecule has 256 valence electrons. The Kier molecular flexibility index (Phi) is 9.19. The minimum absolute atomic E-state index is 0.0885. The molecule has 0 spiro atoms. The fourth-order valence-electron chi connectivity index (χ4n) is 6.17. The van der Waals surface area contributed by atoms with Gasteiger partial charge in [0.15, 0.2) is 0 Å². The maximum atomic E-state index is 14.7. The zero-order chi connectivity index (χ0) is 35.1. The van der Waals surface area contributed by atoms with Crippen molar-refractivity contribution in [3.05, 3.63) is 88.9 Å². The molecule has 3 aromatic heterocycles. The first-order valence-corrected chi connectivity index (χ1v) is 18.0. The minimum atomic E-state index is -4.37. The van der Waals surface area contributed by atoms with Crippen LogP contribution < -0.4 is 14.4 Å². The van der Waals surface area contributed by atoms with E-state index in [2.05, 4.69) is 24.1 Å². The number of sulfonamides is 1. The van der Waals surface area contributed by atoms with Gasteiger partial charge in [0.2, 0.25) is 17.5 Å². The van der Waals surface area contributed by atoms with Gasteiger partial charge >= 0.3 is 0 Å². The molecule has 2 aromatic carbocycles. The fourth-order valence-corrected chi connectivity index (χ4v) is 7.55. The molecule has 12 heteroatoms. The molecule has 1 unspecified atom stereocenters. The van der Waals surface area contributed by atoms with Crippen LogP contribution in [-0.4, -0.2) is 46.9 Å². The molecule has 1 atom stereocenters. The predicted molar refractivity (Wildman–Crippen MR) is 188 cm³/mol. The number of carbonyl (C=O) groups is 1. The summed E-state index contributed by atoms with van der Waals surface area (Å²) >= 11 is 0. The van der Waals surface area contributed by atoms with Crippen molar-refractivity contribution >= 4 is 33.1 Å². The summed E-state index contributed by atoms with van der Waals surface area (Å²) in [4.78, 5) is 32.3. The third-order valence-electron chi connectivity index (χ3n) is 9.01. The number of anilines is 1. The second-order valence-electron chi connectivity index (χ2n) is 13.6. The highest BCUT2D eigenvalue weighted by molar-refractivity contribution is 7.92. The molecule has 4 heterocycles. The van der Waals surface area contributed by atoms with Crippen molar-refractivity contribution in [2.45, 2.75) is 84.2 Å². The van der Waals surface area contributed by atoms with E-state index in [-0.39, 0.29) is 58.7 Å². The molecule has 0 saturated heterocycles. The van der Waals surface area contributed by atoms with E-state index in [0.29, 0.717) is 28.4 Å². The number of fused-ring (bicyclic) bond motifs is 5. The lowest BCUT2D eigenvalue weighted by Gasteiger charge is -2.26. The third kappa shape index (κ3) is 6.87. The number of nitrogens with one attached hydrogen (secondary N) is 1. The minimum Gasteiger partial charge on any atom is -0.475 e. The summed E-state index contributed by atoms with van der Waals surface area (Å²) in [6.07, 6.45) is 3.12. The number of benzene rings is 2. The van der Waals surface area contributed by atoms with Gasteiger partial charge in [-0.05, 0) is 49.1 Å². The molecule has 0 aliphatic carbocycles. The zero-order valence-electron chi connectivity index (χ0n) is 28.9. The van der Waals surface area contributed by atoms with E-state index in [1.807, 2.05) is 58.9 Å². The van der Waals surface area contributed by atoms with Crippen LogP contribution in [0.2, 0.25) is 0 Å². The first-order chi connectivity index (χ1) is 23.3. The molecule has 1 aliphatic heterocycles. The Morgan fingerprint density at radius 1 is 0.980 bits per heavy atom. The van der Waals surface area contributed by atoms with Gasteiger partial charge in [-0.25, -0.2) is 27.7 Å². The number of hydrogen-bond acceptors (Lipinski definition) is 9. The lowest BCUT2D eigenvalue weighted by atomic mass is 9.93. The molecule has 5 aromatic rings. The molecule has 1 N–H and O–H groups in total. The summed E-state index contributed by atoms with van der Waals surface area (Å²) < 4.78 is 42.7. The van der Waals surface area contributed by atoms with Gasteiger partial charge in [0.1, 0.15) is 17.9 Å². The number of nitrogens with zero attached hydrogens (tertiary/aromatic N) is 5. The van der Waals surface area contributed by atoms with Crippen LogP contribution in [0.1, 0.15) is 80.4 Å². The fraction of sp³-hybridized carbons (Fsp3) is 0.378. The first-order valence-electron chi connectivity index (χ1n) is 16.6. The molecule has 1 aliphatic rings. The molecule has 0 fully saturated rings. The highest BCUT2D eigenvalue weighted by atomic mass is 32.2. The highest BCUT2D eigenvalue weighted by Crippen LogP contribution is 2.33. The quantitative estimate of drug-likeness (QED) is 0.202. The van der Waals surface area contributed by atoms with E-state index in [0.717, 1.165) is 33.8 Å². The van der Waals surface area contributed by atoms with Gasteiger partial charge in [0, 0.05) is 28.7 Å². The average molecular weight is 683 g/mol. The lowest BCUT2D eigenvalue weighted by Crippen LogP contribution is -2.44. The van der Waals surface area contributed by atoms with E-state index in [4.69, 9.17) is 24.1 Å². The van der Waals surface area contributed by atoms with Gasteiger partial charge in [0.05, 0.1) is 35.1 Å². The monoisotopic (exact) mass is 682 g/mol.